The molecule has 0 fully saturated rings. The Bertz CT molecular complexity index is 1960. The number of hydrogen-bond donors (Lipinski definition) is 0. The number of rotatable bonds is 6. The molecule has 5 aromatic carbocycles. The van der Waals surface area contributed by atoms with Crippen molar-refractivity contribution >= 4 is 0 Å². The molecule has 0 atom stereocenters. The Morgan fingerprint density at radius 1 is 0.262 bits per heavy atom. The molecule has 0 radical (unpaired) electrons. The molecule has 0 aliphatic carbocycles. The van der Waals surface area contributed by atoms with Gasteiger partial charge < -0.3 is 0 Å². The van der Waals surface area contributed by atoms with Crippen molar-refractivity contribution in [2.75, 3.05) is 0 Å². The van der Waals surface area contributed by atoms with Crippen LogP contribution in [0.2, 0.25) is 0 Å². The third kappa shape index (κ3) is 5.26. The SMILES string of the molecule is c1ccc(-c2ccc(-c3cccc(-c4cccc(-c5ccccc5-c5cccc(-c6ccccn6)c5)c4)c3)cc2)nc1. The Balaban J connectivity index is 1.21. The van der Waals surface area contributed by atoms with Crippen molar-refractivity contribution in [1.82, 2.24) is 9.97 Å². The molecule has 198 valence electrons. The molecule has 2 nitrogen and oxygen atoms in total. The second kappa shape index (κ2) is 11.5. The van der Waals surface area contributed by atoms with Crippen LogP contribution in [-0.2, 0) is 0 Å². The van der Waals surface area contributed by atoms with Crippen molar-refractivity contribution in [3.63, 3.8) is 0 Å². The number of hydrogen-bond acceptors (Lipinski definition) is 2. The van der Waals surface area contributed by atoms with E-state index in [4.69, 9.17) is 0 Å². The van der Waals surface area contributed by atoms with E-state index in [0.717, 1.165) is 22.5 Å². The first-order chi connectivity index (χ1) is 20.8. The van der Waals surface area contributed by atoms with Crippen molar-refractivity contribution in [2.24, 2.45) is 0 Å². The molecule has 2 aromatic heterocycles. The summed E-state index contributed by atoms with van der Waals surface area (Å²) in [7, 11) is 0. The number of benzene rings is 5. The lowest BCUT2D eigenvalue weighted by molar-refractivity contribution is 1.33. The predicted molar refractivity (Wildman–Crippen MR) is 175 cm³/mol. The van der Waals surface area contributed by atoms with Gasteiger partial charge in [0, 0.05) is 23.5 Å². The van der Waals surface area contributed by atoms with Crippen LogP contribution in [0.4, 0.5) is 0 Å². The molecule has 0 spiro atoms. The van der Waals surface area contributed by atoms with Gasteiger partial charge in [-0.3, -0.25) is 9.97 Å². The fourth-order valence-corrected chi connectivity index (χ4v) is 5.48. The Kier molecular flexibility index (Phi) is 6.94. The van der Waals surface area contributed by atoms with Gasteiger partial charge in [0.25, 0.3) is 0 Å². The molecule has 7 rings (SSSR count). The maximum Gasteiger partial charge on any atom is 0.0702 e. The van der Waals surface area contributed by atoms with Gasteiger partial charge in [-0.1, -0.05) is 115 Å². The van der Waals surface area contributed by atoms with Gasteiger partial charge in [0.15, 0.2) is 0 Å². The quantitative estimate of drug-likeness (QED) is 0.211. The molecule has 0 aliphatic rings. The summed E-state index contributed by atoms with van der Waals surface area (Å²) in [6.07, 6.45) is 3.67. The number of nitrogens with zero attached hydrogens (tertiary/aromatic N) is 2. The van der Waals surface area contributed by atoms with Gasteiger partial charge in [-0.05, 0) is 87.0 Å². The summed E-state index contributed by atoms with van der Waals surface area (Å²) in [5, 5.41) is 0. The summed E-state index contributed by atoms with van der Waals surface area (Å²) >= 11 is 0. The van der Waals surface area contributed by atoms with Crippen LogP contribution in [0.5, 0.6) is 0 Å². The highest BCUT2D eigenvalue weighted by molar-refractivity contribution is 5.87. The summed E-state index contributed by atoms with van der Waals surface area (Å²) in [4.78, 5) is 9.03. The van der Waals surface area contributed by atoms with Crippen LogP contribution in [0, 0.1) is 0 Å². The zero-order valence-corrected chi connectivity index (χ0v) is 23.1. The summed E-state index contributed by atoms with van der Waals surface area (Å²) in [5.41, 5.74) is 13.7. The highest BCUT2D eigenvalue weighted by Gasteiger charge is 2.10. The molecule has 2 heterocycles. The minimum atomic E-state index is 0.977. The Morgan fingerprint density at radius 2 is 0.667 bits per heavy atom. The third-order valence-corrected chi connectivity index (χ3v) is 7.61. The lowest BCUT2D eigenvalue weighted by Gasteiger charge is -2.13. The van der Waals surface area contributed by atoms with E-state index in [1.807, 2.05) is 42.7 Å². The van der Waals surface area contributed by atoms with Gasteiger partial charge in [0.05, 0.1) is 11.4 Å². The maximum absolute atomic E-state index is 4.55. The first-order valence-electron chi connectivity index (χ1n) is 14.2. The standard InChI is InChI=1S/C40H28N2/c1-2-17-38(35-14-9-15-36(28-35)40-19-4-6-25-42-40)37(16-1)34-13-8-12-33(27-34)32-11-7-10-31(26-32)29-20-22-30(23-21-29)39-18-3-5-24-41-39/h1-28H. The van der Waals surface area contributed by atoms with Crippen molar-refractivity contribution in [3.05, 3.63) is 170 Å². The van der Waals surface area contributed by atoms with E-state index in [1.54, 1.807) is 0 Å². The van der Waals surface area contributed by atoms with Crippen LogP contribution in [-0.4, -0.2) is 9.97 Å². The van der Waals surface area contributed by atoms with Crippen molar-refractivity contribution in [2.45, 2.75) is 0 Å². The molecule has 0 amide bonds. The smallest absolute Gasteiger partial charge is 0.0702 e. The molecular weight excluding hydrogens is 508 g/mol. The number of aromatic nitrogens is 2. The summed E-state index contributed by atoms with van der Waals surface area (Å²) < 4.78 is 0. The maximum atomic E-state index is 4.55. The molecule has 0 saturated carbocycles. The Labute approximate surface area is 246 Å². The molecule has 0 bridgehead atoms. The van der Waals surface area contributed by atoms with Crippen LogP contribution in [0.25, 0.3) is 67.0 Å². The van der Waals surface area contributed by atoms with Crippen molar-refractivity contribution in [3.8, 4) is 67.0 Å². The van der Waals surface area contributed by atoms with E-state index in [2.05, 4.69) is 137 Å². The Hall–Kier alpha value is -5.60. The highest BCUT2D eigenvalue weighted by atomic mass is 14.7. The van der Waals surface area contributed by atoms with Crippen LogP contribution >= 0.6 is 0 Å². The second-order valence-corrected chi connectivity index (χ2v) is 10.3. The second-order valence-electron chi connectivity index (χ2n) is 10.3. The topological polar surface area (TPSA) is 25.8 Å². The summed E-state index contributed by atoms with van der Waals surface area (Å²) in [6, 6.07) is 55.6. The molecule has 2 heteroatoms. The van der Waals surface area contributed by atoms with Gasteiger partial charge in [-0.25, -0.2) is 0 Å². The van der Waals surface area contributed by atoms with Crippen molar-refractivity contribution in [1.29, 1.82) is 0 Å². The Morgan fingerprint density at radius 3 is 1.21 bits per heavy atom. The lowest BCUT2D eigenvalue weighted by atomic mass is 9.91. The number of pyridine rings is 2. The van der Waals surface area contributed by atoms with Gasteiger partial charge in [-0.15, -0.1) is 0 Å². The van der Waals surface area contributed by atoms with E-state index >= 15 is 0 Å². The molecule has 7 aromatic rings. The van der Waals surface area contributed by atoms with E-state index < -0.39 is 0 Å². The molecule has 0 saturated heterocycles. The molecular formula is C40H28N2. The summed E-state index contributed by atoms with van der Waals surface area (Å²) in [5.74, 6) is 0. The monoisotopic (exact) mass is 536 g/mol. The lowest BCUT2D eigenvalue weighted by Crippen LogP contribution is -1.88. The minimum Gasteiger partial charge on any atom is -0.256 e. The predicted octanol–water partition coefficient (Wildman–Crippen LogP) is 10.5. The first-order valence-corrected chi connectivity index (χ1v) is 14.2. The van der Waals surface area contributed by atoms with Crippen LogP contribution in [0.15, 0.2) is 170 Å². The summed E-state index contributed by atoms with van der Waals surface area (Å²) in [6.45, 7) is 0. The first kappa shape index (κ1) is 25.4. The van der Waals surface area contributed by atoms with Crippen molar-refractivity contribution < 1.29 is 0 Å². The van der Waals surface area contributed by atoms with Crippen LogP contribution < -0.4 is 0 Å². The van der Waals surface area contributed by atoms with E-state index in [-0.39, 0.29) is 0 Å². The minimum absolute atomic E-state index is 0.977. The average molecular weight is 537 g/mol. The molecule has 0 N–H and O–H groups in total. The van der Waals surface area contributed by atoms with Gasteiger partial charge in [0.2, 0.25) is 0 Å². The van der Waals surface area contributed by atoms with Crippen LogP contribution in [0.3, 0.4) is 0 Å². The van der Waals surface area contributed by atoms with Gasteiger partial charge >= 0.3 is 0 Å². The molecule has 0 unspecified atom stereocenters. The fourth-order valence-electron chi connectivity index (χ4n) is 5.48. The third-order valence-electron chi connectivity index (χ3n) is 7.61. The fraction of sp³-hybridized carbons (Fsp3) is 0. The van der Waals surface area contributed by atoms with E-state index in [1.165, 1.54) is 44.5 Å². The molecule has 42 heavy (non-hydrogen) atoms. The zero-order valence-electron chi connectivity index (χ0n) is 23.1. The van der Waals surface area contributed by atoms with Gasteiger partial charge in [0.1, 0.15) is 0 Å². The van der Waals surface area contributed by atoms with Gasteiger partial charge in [-0.2, -0.15) is 0 Å². The average Bonchev–Trinajstić information content (AvgIpc) is 3.09. The molecule has 0 aliphatic heterocycles. The normalized spacial score (nSPS) is 10.9. The van der Waals surface area contributed by atoms with E-state index in [0.29, 0.717) is 0 Å². The largest absolute Gasteiger partial charge is 0.256 e. The van der Waals surface area contributed by atoms with Crippen LogP contribution in [0.1, 0.15) is 0 Å². The zero-order chi connectivity index (χ0) is 28.1. The van der Waals surface area contributed by atoms with E-state index in [9.17, 15) is 0 Å². The highest BCUT2D eigenvalue weighted by Crippen LogP contribution is 2.36.